The van der Waals surface area contributed by atoms with Crippen molar-refractivity contribution in [2.75, 3.05) is 0 Å². The van der Waals surface area contributed by atoms with Crippen molar-refractivity contribution in [3.8, 4) is 0 Å². The van der Waals surface area contributed by atoms with Gasteiger partial charge in [0, 0.05) is 5.41 Å². The average Bonchev–Trinajstić information content (AvgIpc) is 3.20. The molecule has 0 amide bonds. The highest BCUT2D eigenvalue weighted by Gasteiger charge is 2.20. The van der Waals surface area contributed by atoms with Gasteiger partial charge in [0.2, 0.25) is 5.89 Å². The van der Waals surface area contributed by atoms with Gasteiger partial charge in [0.1, 0.15) is 17.8 Å². The predicted molar refractivity (Wildman–Crippen MR) is 91.3 cm³/mol. The zero-order valence-electron chi connectivity index (χ0n) is 13.9. The van der Waals surface area contributed by atoms with Crippen molar-refractivity contribution >= 4 is 16.6 Å². The first-order chi connectivity index (χ1) is 11.4. The van der Waals surface area contributed by atoms with Gasteiger partial charge >= 0.3 is 0 Å². The third kappa shape index (κ3) is 2.22. The Labute approximate surface area is 138 Å². The first-order valence-electron chi connectivity index (χ1n) is 7.84. The molecule has 0 aliphatic carbocycles. The van der Waals surface area contributed by atoms with Gasteiger partial charge in [-0.3, -0.25) is 13.8 Å². The standard InChI is InChI=1S/C18H18N4O2/c1-18(2,3)15-9-20-16(24-15)10-21-12-6-4-5-7-13(12)22-11-19-8-14(22)17(21)23/h4-9,11H,10H2,1-3H3. The van der Waals surface area contributed by atoms with Gasteiger partial charge < -0.3 is 4.42 Å². The second kappa shape index (κ2) is 5.06. The van der Waals surface area contributed by atoms with E-state index >= 15 is 0 Å². The number of hydrogen-bond donors (Lipinski definition) is 0. The molecule has 0 bridgehead atoms. The Balaban J connectivity index is 1.91. The molecule has 3 aromatic heterocycles. The zero-order valence-corrected chi connectivity index (χ0v) is 13.9. The molecule has 0 fully saturated rings. The second-order valence-corrected chi connectivity index (χ2v) is 6.90. The van der Waals surface area contributed by atoms with Crippen LogP contribution in [0.15, 0.2) is 52.2 Å². The Bertz CT molecular complexity index is 1100. The van der Waals surface area contributed by atoms with Gasteiger partial charge in [-0.1, -0.05) is 32.9 Å². The molecule has 0 aliphatic heterocycles. The molecule has 0 spiro atoms. The minimum atomic E-state index is -0.117. The predicted octanol–water partition coefficient (Wildman–Crippen LogP) is 2.98. The van der Waals surface area contributed by atoms with Gasteiger partial charge in [-0.2, -0.15) is 0 Å². The number of aromatic nitrogens is 4. The molecule has 0 saturated carbocycles. The molecular formula is C18H18N4O2. The monoisotopic (exact) mass is 322 g/mol. The van der Waals surface area contributed by atoms with Crippen LogP contribution in [-0.2, 0) is 12.0 Å². The van der Waals surface area contributed by atoms with Crippen LogP contribution >= 0.6 is 0 Å². The Hall–Kier alpha value is -2.89. The van der Waals surface area contributed by atoms with Gasteiger partial charge in [0.15, 0.2) is 0 Å². The lowest BCUT2D eigenvalue weighted by molar-refractivity contribution is 0.377. The van der Waals surface area contributed by atoms with E-state index in [1.165, 1.54) is 0 Å². The quantitative estimate of drug-likeness (QED) is 0.569. The lowest BCUT2D eigenvalue weighted by atomic mass is 9.94. The molecule has 6 heteroatoms. The summed E-state index contributed by atoms with van der Waals surface area (Å²) in [4.78, 5) is 21.3. The number of benzene rings is 1. The first kappa shape index (κ1) is 14.7. The molecule has 6 nitrogen and oxygen atoms in total. The summed E-state index contributed by atoms with van der Waals surface area (Å²) in [6, 6.07) is 7.75. The van der Waals surface area contributed by atoms with E-state index < -0.39 is 0 Å². The number of oxazole rings is 1. The zero-order chi connectivity index (χ0) is 16.9. The molecule has 0 unspecified atom stereocenters. The second-order valence-electron chi connectivity index (χ2n) is 6.90. The Morgan fingerprint density at radius 3 is 2.54 bits per heavy atom. The van der Waals surface area contributed by atoms with E-state index in [2.05, 4.69) is 30.7 Å². The fraction of sp³-hybridized carbons (Fsp3) is 0.278. The SMILES string of the molecule is CC(C)(C)c1cnc(Cn2c(=O)c3cncn3c3ccccc32)o1. The normalized spacial score (nSPS) is 12.3. The van der Waals surface area contributed by atoms with Crippen LogP contribution in [0.5, 0.6) is 0 Å². The molecular weight excluding hydrogens is 304 g/mol. The van der Waals surface area contributed by atoms with Crippen molar-refractivity contribution in [3.63, 3.8) is 0 Å². The van der Waals surface area contributed by atoms with Gasteiger partial charge in [-0.05, 0) is 12.1 Å². The number of rotatable bonds is 2. The van der Waals surface area contributed by atoms with Crippen molar-refractivity contribution in [3.05, 3.63) is 65.0 Å². The van der Waals surface area contributed by atoms with E-state index in [0.29, 0.717) is 11.4 Å². The fourth-order valence-corrected chi connectivity index (χ4v) is 2.81. The van der Waals surface area contributed by atoms with Crippen molar-refractivity contribution in [2.24, 2.45) is 0 Å². The van der Waals surface area contributed by atoms with Crippen LogP contribution in [-0.4, -0.2) is 18.9 Å². The summed E-state index contributed by atoms with van der Waals surface area (Å²) in [5, 5.41) is 0. The first-order valence-corrected chi connectivity index (χ1v) is 7.84. The van der Waals surface area contributed by atoms with Crippen LogP contribution in [0.25, 0.3) is 16.6 Å². The highest BCUT2D eigenvalue weighted by Crippen LogP contribution is 2.23. The summed E-state index contributed by atoms with van der Waals surface area (Å²) >= 11 is 0. The van der Waals surface area contributed by atoms with Crippen molar-refractivity contribution < 1.29 is 4.42 Å². The summed E-state index contributed by atoms with van der Waals surface area (Å²) in [5.41, 5.74) is 2.06. The Morgan fingerprint density at radius 2 is 1.83 bits per heavy atom. The highest BCUT2D eigenvalue weighted by molar-refractivity contribution is 5.78. The van der Waals surface area contributed by atoms with Crippen LogP contribution in [0.4, 0.5) is 0 Å². The maximum atomic E-state index is 12.8. The number of fused-ring (bicyclic) bond motifs is 3. The number of para-hydroxylation sites is 2. The Morgan fingerprint density at radius 1 is 1.08 bits per heavy atom. The summed E-state index contributed by atoms with van der Waals surface area (Å²) < 4.78 is 9.35. The molecule has 1 aromatic carbocycles. The number of imidazole rings is 1. The van der Waals surface area contributed by atoms with E-state index in [1.807, 2.05) is 28.7 Å². The fourth-order valence-electron chi connectivity index (χ4n) is 2.81. The van der Waals surface area contributed by atoms with Crippen LogP contribution in [0, 0.1) is 0 Å². The van der Waals surface area contributed by atoms with Crippen LogP contribution < -0.4 is 5.56 Å². The van der Waals surface area contributed by atoms with Crippen molar-refractivity contribution in [2.45, 2.75) is 32.7 Å². The van der Waals surface area contributed by atoms with E-state index in [1.54, 1.807) is 23.3 Å². The largest absolute Gasteiger partial charge is 0.443 e. The molecule has 3 heterocycles. The van der Waals surface area contributed by atoms with Crippen molar-refractivity contribution in [1.29, 1.82) is 0 Å². The highest BCUT2D eigenvalue weighted by atomic mass is 16.4. The third-order valence-corrected chi connectivity index (χ3v) is 4.12. The molecule has 4 aromatic rings. The van der Waals surface area contributed by atoms with Gasteiger partial charge in [-0.25, -0.2) is 9.97 Å². The van der Waals surface area contributed by atoms with Gasteiger partial charge in [0.25, 0.3) is 5.56 Å². The molecule has 0 saturated heterocycles. The summed E-state index contributed by atoms with van der Waals surface area (Å²) in [6.45, 7) is 6.49. The summed E-state index contributed by atoms with van der Waals surface area (Å²) in [5.74, 6) is 1.33. The molecule has 4 rings (SSSR count). The lowest BCUT2D eigenvalue weighted by Crippen LogP contribution is -2.23. The lowest BCUT2D eigenvalue weighted by Gasteiger charge is -2.13. The van der Waals surface area contributed by atoms with Crippen LogP contribution in [0.1, 0.15) is 32.4 Å². The maximum Gasteiger partial charge on any atom is 0.277 e. The molecule has 0 N–H and O–H groups in total. The molecule has 0 aliphatic rings. The molecule has 122 valence electrons. The van der Waals surface area contributed by atoms with E-state index in [4.69, 9.17) is 4.42 Å². The number of nitrogens with zero attached hydrogens (tertiary/aromatic N) is 4. The third-order valence-electron chi connectivity index (χ3n) is 4.12. The topological polar surface area (TPSA) is 65.3 Å². The Kier molecular flexibility index (Phi) is 3.09. The van der Waals surface area contributed by atoms with Crippen LogP contribution in [0.2, 0.25) is 0 Å². The van der Waals surface area contributed by atoms with Gasteiger partial charge in [-0.15, -0.1) is 0 Å². The average molecular weight is 322 g/mol. The molecule has 24 heavy (non-hydrogen) atoms. The van der Waals surface area contributed by atoms with Crippen molar-refractivity contribution in [1.82, 2.24) is 18.9 Å². The van der Waals surface area contributed by atoms with Gasteiger partial charge in [0.05, 0.1) is 29.8 Å². The van der Waals surface area contributed by atoms with E-state index in [9.17, 15) is 4.79 Å². The summed E-state index contributed by atoms with van der Waals surface area (Å²) in [6.07, 6.45) is 4.98. The number of hydrogen-bond acceptors (Lipinski definition) is 4. The maximum absolute atomic E-state index is 12.8. The van der Waals surface area contributed by atoms with E-state index in [0.717, 1.165) is 16.8 Å². The van der Waals surface area contributed by atoms with E-state index in [-0.39, 0.29) is 17.5 Å². The van der Waals surface area contributed by atoms with Crippen LogP contribution in [0.3, 0.4) is 0 Å². The minimum Gasteiger partial charge on any atom is -0.443 e. The smallest absolute Gasteiger partial charge is 0.277 e. The molecule has 0 radical (unpaired) electrons. The summed E-state index contributed by atoms with van der Waals surface area (Å²) in [7, 11) is 0. The minimum absolute atomic E-state index is 0.110. The molecule has 0 atom stereocenters.